The Morgan fingerprint density at radius 1 is 1.53 bits per heavy atom. The van der Waals surface area contributed by atoms with E-state index in [0.29, 0.717) is 10.9 Å². The Kier molecular flexibility index (Phi) is 4.04. The van der Waals surface area contributed by atoms with E-state index in [9.17, 15) is 14.9 Å². The maximum atomic E-state index is 12.1. The normalized spacial score (nSPS) is 16.5. The van der Waals surface area contributed by atoms with Crippen LogP contribution in [0.2, 0.25) is 5.02 Å². The van der Waals surface area contributed by atoms with E-state index in [2.05, 4.69) is 5.32 Å². The molecule has 1 amide bonds. The number of hydrogen-bond acceptors (Lipinski definition) is 3. The van der Waals surface area contributed by atoms with Crippen LogP contribution in [0.15, 0.2) is 18.2 Å². The van der Waals surface area contributed by atoms with Crippen molar-refractivity contribution in [2.75, 3.05) is 0 Å². The largest absolute Gasteiger partial charge is 0.349 e. The van der Waals surface area contributed by atoms with Gasteiger partial charge in [0.2, 0.25) is 0 Å². The standard InChI is InChI=1S/C13H15ClN2O3/c1-8(9-3-2-4-9)15-13(17)11-7-10(14)5-6-12(11)16(18)19/h5-9H,2-4H2,1H3,(H,15,17). The fraction of sp³-hybridized carbons (Fsp3) is 0.462. The zero-order valence-corrected chi connectivity index (χ0v) is 11.3. The molecule has 5 nitrogen and oxygen atoms in total. The fourth-order valence-electron chi connectivity index (χ4n) is 2.19. The lowest BCUT2D eigenvalue weighted by atomic mass is 9.80. The van der Waals surface area contributed by atoms with Gasteiger partial charge in [-0.2, -0.15) is 0 Å². The Balaban J connectivity index is 2.17. The van der Waals surface area contributed by atoms with E-state index < -0.39 is 10.8 Å². The topological polar surface area (TPSA) is 72.2 Å². The second-order valence-electron chi connectivity index (χ2n) is 4.87. The van der Waals surface area contributed by atoms with E-state index >= 15 is 0 Å². The SMILES string of the molecule is CC(NC(=O)c1cc(Cl)ccc1[N+](=O)[O-])C1CCC1. The third kappa shape index (κ3) is 3.04. The number of amides is 1. The summed E-state index contributed by atoms with van der Waals surface area (Å²) >= 11 is 5.80. The van der Waals surface area contributed by atoms with Gasteiger partial charge in [-0.05, 0) is 37.8 Å². The van der Waals surface area contributed by atoms with Gasteiger partial charge in [-0.25, -0.2) is 0 Å². The van der Waals surface area contributed by atoms with Crippen LogP contribution < -0.4 is 5.32 Å². The van der Waals surface area contributed by atoms with Gasteiger partial charge in [0.05, 0.1) is 4.92 Å². The predicted octanol–water partition coefficient (Wildman–Crippen LogP) is 3.17. The van der Waals surface area contributed by atoms with Gasteiger partial charge in [-0.1, -0.05) is 18.0 Å². The minimum Gasteiger partial charge on any atom is -0.349 e. The Labute approximate surface area is 116 Å². The summed E-state index contributed by atoms with van der Waals surface area (Å²) in [6.07, 6.45) is 3.38. The lowest BCUT2D eigenvalue weighted by Crippen LogP contribution is -2.40. The van der Waals surface area contributed by atoms with E-state index in [1.807, 2.05) is 6.92 Å². The molecule has 0 heterocycles. The first kappa shape index (κ1) is 13.8. The van der Waals surface area contributed by atoms with Gasteiger partial charge in [-0.3, -0.25) is 14.9 Å². The third-order valence-electron chi connectivity index (χ3n) is 3.62. The number of rotatable bonds is 4. The molecule has 0 aromatic heterocycles. The summed E-state index contributed by atoms with van der Waals surface area (Å²) in [6.45, 7) is 1.93. The van der Waals surface area contributed by atoms with E-state index in [0.717, 1.165) is 12.8 Å². The number of nitro benzene ring substituents is 1. The maximum absolute atomic E-state index is 12.1. The Morgan fingerprint density at radius 3 is 2.74 bits per heavy atom. The zero-order chi connectivity index (χ0) is 14.0. The summed E-state index contributed by atoms with van der Waals surface area (Å²) in [5, 5.41) is 14.0. The van der Waals surface area contributed by atoms with Crippen molar-refractivity contribution in [2.45, 2.75) is 32.2 Å². The average molecular weight is 283 g/mol. The number of carbonyl (C=O) groups is 1. The summed E-state index contributed by atoms with van der Waals surface area (Å²) in [6, 6.07) is 4.03. The molecular formula is C13H15ClN2O3. The molecule has 1 saturated carbocycles. The van der Waals surface area contributed by atoms with Crippen LogP contribution >= 0.6 is 11.6 Å². The first-order valence-electron chi connectivity index (χ1n) is 6.24. The summed E-state index contributed by atoms with van der Waals surface area (Å²) < 4.78 is 0. The van der Waals surface area contributed by atoms with E-state index in [1.54, 1.807) is 0 Å². The fourth-order valence-corrected chi connectivity index (χ4v) is 2.36. The third-order valence-corrected chi connectivity index (χ3v) is 3.85. The predicted molar refractivity (Wildman–Crippen MR) is 72.4 cm³/mol. The van der Waals surface area contributed by atoms with Crippen LogP contribution in [0.25, 0.3) is 0 Å². The van der Waals surface area contributed by atoms with Gasteiger partial charge in [0, 0.05) is 17.1 Å². The van der Waals surface area contributed by atoms with Gasteiger partial charge in [-0.15, -0.1) is 0 Å². The van der Waals surface area contributed by atoms with Crippen molar-refractivity contribution in [1.29, 1.82) is 0 Å². The number of nitrogens with one attached hydrogen (secondary N) is 1. The summed E-state index contributed by atoms with van der Waals surface area (Å²) in [4.78, 5) is 22.4. The Bertz CT molecular complexity index is 515. The number of halogens is 1. The van der Waals surface area contributed by atoms with Crippen LogP contribution in [-0.2, 0) is 0 Å². The second kappa shape index (κ2) is 5.57. The molecule has 1 aromatic carbocycles. The van der Waals surface area contributed by atoms with Crippen LogP contribution in [0, 0.1) is 16.0 Å². The molecule has 1 aliphatic carbocycles. The molecule has 6 heteroatoms. The molecule has 0 radical (unpaired) electrons. The number of nitro groups is 1. The number of carbonyl (C=O) groups excluding carboxylic acids is 1. The lowest BCUT2D eigenvalue weighted by molar-refractivity contribution is -0.385. The molecule has 0 bridgehead atoms. The van der Waals surface area contributed by atoms with Gasteiger partial charge in [0.1, 0.15) is 5.56 Å². The van der Waals surface area contributed by atoms with E-state index in [1.165, 1.54) is 24.6 Å². The van der Waals surface area contributed by atoms with Gasteiger partial charge >= 0.3 is 0 Å². The van der Waals surface area contributed by atoms with Crippen LogP contribution in [-0.4, -0.2) is 16.9 Å². The molecule has 2 rings (SSSR count). The smallest absolute Gasteiger partial charge is 0.282 e. The Morgan fingerprint density at radius 2 is 2.21 bits per heavy atom. The molecule has 1 aliphatic rings. The van der Waals surface area contributed by atoms with Gasteiger partial charge in [0.15, 0.2) is 0 Å². The Hall–Kier alpha value is -1.62. The molecular weight excluding hydrogens is 268 g/mol. The van der Waals surface area contributed by atoms with Crippen molar-refractivity contribution in [1.82, 2.24) is 5.32 Å². The summed E-state index contributed by atoms with van der Waals surface area (Å²) in [5.74, 6) is 0.0378. The van der Waals surface area contributed by atoms with Crippen molar-refractivity contribution < 1.29 is 9.72 Å². The highest BCUT2D eigenvalue weighted by atomic mass is 35.5. The van der Waals surface area contributed by atoms with Crippen LogP contribution in [0.1, 0.15) is 36.5 Å². The van der Waals surface area contributed by atoms with Gasteiger partial charge < -0.3 is 5.32 Å². The first-order chi connectivity index (χ1) is 8.99. The van der Waals surface area contributed by atoms with Crippen LogP contribution in [0.5, 0.6) is 0 Å². The van der Waals surface area contributed by atoms with Crippen LogP contribution in [0.4, 0.5) is 5.69 Å². The zero-order valence-electron chi connectivity index (χ0n) is 10.6. The molecule has 1 N–H and O–H groups in total. The summed E-state index contributed by atoms with van der Waals surface area (Å²) in [7, 11) is 0. The molecule has 1 atom stereocenters. The number of benzene rings is 1. The molecule has 0 aliphatic heterocycles. The minimum atomic E-state index is -0.570. The second-order valence-corrected chi connectivity index (χ2v) is 5.31. The highest BCUT2D eigenvalue weighted by Crippen LogP contribution is 2.30. The van der Waals surface area contributed by atoms with Crippen molar-refractivity contribution in [3.05, 3.63) is 38.9 Å². The molecule has 1 fully saturated rings. The molecule has 1 unspecified atom stereocenters. The number of hydrogen-bond donors (Lipinski definition) is 1. The average Bonchev–Trinajstić information content (AvgIpc) is 2.25. The quantitative estimate of drug-likeness (QED) is 0.681. The van der Waals surface area contributed by atoms with Crippen molar-refractivity contribution in [3.63, 3.8) is 0 Å². The summed E-state index contributed by atoms with van der Waals surface area (Å²) in [5.41, 5.74) is -0.202. The maximum Gasteiger partial charge on any atom is 0.282 e. The highest BCUT2D eigenvalue weighted by Gasteiger charge is 2.27. The molecule has 102 valence electrons. The molecule has 19 heavy (non-hydrogen) atoms. The lowest BCUT2D eigenvalue weighted by Gasteiger charge is -2.31. The monoisotopic (exact) mass is 282 g/mol. The molecule has 0 saturated heterocycles. The van der Waals surface area contributed by atoms with Crippen molar-refractivity contribution in [3.8, 4) is 0 Å². The van der Waals surface area contributed by atoms with Crippen molar-refractivity contribution >= 4 is 23.2 Å². The highest BCUT2D eigenvalue weighted by molar-refractivity contribution is 6.31. The van der Waals surface area contributed by atoms with Gasteiger partial charge in [0.25, 0.3) is 11.6 Å². The molecule has 0 spiro atoms. The van der Waals surface area contributed by atoms with Crippen LogP contribution in [0.3, 0.4) is 0 Å². The van der Waals surface area contributed by atoms with E-state index in [4.69, 9.17) is 11.6 Å². The number of nitrogens with zero attached hydrogens (tertiary/aromatic N) is 1. The first-order valence-corrected chi connectivity index (χ1v) is 6.61. The minimum absolute atomic E-state index is 0.0173. The van der Waals surface area contributed by atoms with Crippen molar-refractivity contribution in [2.24, 2.45) is 5.92 Å². The molecule has 1 aromatic rings. The van der Waals surface area contributed by atoms with E-state index in [-0.39, 0.29) is 17.3 Å².